The van der Waals surface area contributed by atoms with Crippen molar-refractivity contribution in [2.75, 3.05) is 6.61 Å². The van der Waals surface area contributed by atoms with Crippen LogP contribution in [-0.2, 0) is 4.74 Å². The Morgan fingerprint density at radius 2 is 2.31 bits per heavy atom. The van der Waals surface area contributed by atoms with E-state index in [0.29, 0.717) is 0 Å². The lowest BCUT2D eigenvalue weighted by atomic mass is 9.72. The van der Waals surface area contributed by atoms with E-state index in [2.05, 4.69) is 13.0 Å². The summed E-state index contributed by atoms with van der Waals surface area (Å²) >= 11 is 0. The van der Waals surface area contributed by atoms with Crippen LogP contribution in [0.3, 0.4) is 0 Å². The number of nitriles is 1. The van der Waals surface area contributed by atoms with Gasteiger partial charge in [-0.05, 0) is 25.2 Å². The van der Waals surface area contributed by atoms with Crippen molar-refractivity contribution in [1.82, 2.24) is 0 Å². The van der Waals surface area contributed by atoms with Crippen molar-refractivity contribution in [2.45, 2.75) is 44.6 Å². The molecule has 2 heteroatoms. The molecule has 0 aromatic carbocycles. The van der Waals surface area contributed by atoms with Gasteiger partial charge in [0.2, 0.25) is 0 Å². The summed E-state index contributed by atoms with van der Waals surface area (Å²) in [5.41, 5.74) is -0.0492. The molecule has 0 aromatic heterocycles. The smallest absolute Gasteiger partial charge is 0.0843 e. The summed E-state index contributed by atoms with van der Waals surface area (Å²) in [6, 6.07) is 2.42. The molecule has 0 N–H and O–H groups in total. The third-order valence-corrected chi connectivity index (χ3v) is 3.58. The predicted molar refractivity (Wildman–Crippen MR) is 50.0 cm³/mol. The average molecular weight is 179 g/mol. The maximum atomic E-state index is 9.04. The molecule has 0 bridgehead atoms. The van der Waals surface area contributed by atoms with E-state index in [0.717, 1.165) is 31.8 Å². The fourth-order valence-electron chi connectivity index (χ4n) is 2.92. The maximum absolute atomic E-state index is 9.04. The molecule has 1 aliphatic heterocycles. The molecule has 0 amide bonds. The highest BCUT2D eigenvalue weighted by molar-refractivity contribution is 5.05. The Bertz CT molecular complexity index is 233. The van der Waals surface area contributed by atoms with Gasteiger partial charge in [0.25, 0.3) is 0 Å². The zero-order valence-corrected chi connectivity index (χ0v) is 8.25. The first-order chi connectivity index (χ1) is 6.27. The monoisotopic (exact) mass is 179 g/mol. The Balaban J connectivity index is 2.14. The maximum Gasteiger partial charge on any atom is 0.0843 e. The first-order valence-electron chi connectivity index (χ1n) is 5.30. The van der Waals surface area contributed by atoms with E-state index >= 15 is 0 Å². The minimum atomic E-state index is -0.0492. The molecule has 3 unspecified atom stereocenters. The normalized spacial score (nSPS) is 44.9. The van der Waals surface area contributed by atoms with Gasteiger partial charge in [-0.25, -0.2) is 0 Å². The van der Waals surface area contributed by atoms with Crippen LogP contribution in [0, 0.1) is 23.2 Å². The molecule has 2 aliphatic rings. The van der Waals surface area contributed by atoms with E-state index in [4.69, 9.17) is 10.00 Å². The topological polar surface area (TPSA) is 33.0 Å². The summed E-state index contributed by atoms with van der Waals surface area (Å²) in [5.74, 6) is 0.901. The molecule has 13 heavy (non-hydrogen) atoms. The Hall–Kier alpha value is -0.550. The lowest BCUT2D eigenvalue weighted by Crippen LogP contribution is -2.39. The summed E-state index contributed by atoms with van der Waals surface area (Å²) in [7, 11) is 0. The van der Waals surface area contributed by atoms with Gasteiger partial charge in [-0.15, -0.1) is 0 Å². The van der Waals surface area contributed by atoms with Gasteiger partial charge in [0.15, 0.2) is 0 Å². The van der Waals surface area contributed by atoms with E-state index in [1.54, 1.807) is 0 Å². The molecule has 1 spiro atoms. The molecule has 2 fully saturated rings. The second-order valence-corrected chi connectivity index (χ2v) is 4.59. The van der Waals surface area contributed by atoms with E-state index in [1.165, 1.54) is 12.8 Å². The zero-order valence-electron chi connectivity index (χ0n) is 8.25. The molecule has 1 saturated carbocycles. The van der Waals surface area contributed by atoms with Gasteiger partial charge in [-0.3, -0.25) is 0 Å². The van der Waals surface area contributed by atoms with Gasteiger partial charge >= 0.3 is 0 Å². The number of hydrogen-bond donors (Lipinski definition) is 0. The third-order valence-electron chi connectivity index (χ3n) is 3.58. The highest BCUT2D eigenvalue weighted by atomic mass is 16.5. The number of ether oxygens (including phenoxy) is 1. The zero-order chi connectivity index (χ0) is 9.31. The minimum Gasteiger partial charge on any atom is -0.374 e. The lowest BCUT2D eigenvalue weighted by molar-refractivity contribution is -0.0519. The second-order valence-electron chi connectivity index (χ2n) is 4.59. The third kappa shape index (κ3) is 1.46. The van der Waals surface area contributed by atoms with Crippen molar-refractivity contribution >= 4 is 0 Å². The van der Waals surface area contributed by atoms with Gasteiger partial charge in [0.1, 0.15) is 0 Å². The molecule has 1 saturated heterocycles. The number of hydrogen-bond acceptors (Lipinski definition) is 2. The van der Waals surface area contributed by atoms with Gasteiger partial charge in [0, 0.05) is 6.61 Å². The fourth-order valence-corrected chi connectivity index (χ4v) is 2.92. The van der Waals surface area contributed by atoms with Crippen LogP contribution in [-0.4, -0.2) is 12.2 Å². The fraction of sp³-hybridized carbons (Fsp3) is 0.909. The van der Waals surface area contributed by atoms with Crippen LogP contribution in [0.15, 0.2) is 0 Å². The molecular weight excluding hydrogens is 162 g/mol. The average Bonchev–Trinajstić information content (AvgIpc) is 2.47. The molecule has 3 atom stereocenters. The van der Waals surface area contributed by atoms with Gasteiger partial charge < -0.3 is 4.74 Å². The van der Waals surface area contributed by atoms with Crippen LogP contribution >= 0.6 is 0 Å². The first-order valence-corrected chi connectivity index (χ1v) is 5.30. The molecule has 1 heterocycles. The molecule has 1 aliphatic carbocycles. The van der Waals surface area contributed by atoms with Gasteiger partial charge in [-0.1, -0.05) is 19.8 Å². The number of nitrogens with zero attached hydrogens (tertiary/aromatic N) is 1. The van der Waals surface area contributed by atoms with Crippen molar-refractivity contribution in [3.05, 3.63) is 0 Å². The number of rotatable bonds is 0. The van der Waals surface area contributed by atoms with E-state index in [9.17, 15) is 0 Å². The van der Waals surface area contributed by atoms with Crippen LogP contribution in [0.1, 0.15) is 39.0 Å². The van der Waals surface area contributed by atoms with Crippen molar-refractivity contribution in [2.24, 2.45) is 11.8 Å². The van der Waals surface area contributed by atoms with Crippen molar-refractivity contribution in [3.63, 3.8) is 0 Å². The van der Waals surface area contributed by atoms with Crippen LogP contribution in [0.5, 0.6) is 0 Å². The highest BCUT2D eigenvalue weighted by Gasteiger charge is 2.46. The Morgan fingerprint density at radius 1 is 1.46 bits per heavy atom. The SMILES string of the molecule is CC1CCCC2(C1)OCCC2C#N. The molecule has 0 aromatic rings. The molecule has 72 valence electrons. The van der Waals surface area contributed by atoms with Crippen molar-refractivity contribution in [1.29, 1.82) is 5.26 Å². The Kier molecular flexibility index (Phi) is 2.29. The predicted octanol–water partition coefficient (Wildman–Crippen LogP) is 2.50. The second kappa shape index (κ2) is 3.31. The van der Waals surface area contributed by atoms with E-state index in [1.807, 2.05) is 0 Å². The summed E-state index contributed by atoms with van der Waals surface area (Å²) in [4.78, 5) is 0. The lowest BCUT2D eigenvalue weighted by Gasteiger charge is -2.38. The van der Waals surface area contributed by atoms with Crippen LogP contribution in [0.25, 0.3) is 0 Å². The Morgan fingerprint density at radius 3 is 3.00 bits per heavy atom. The summed E-state index contributed by atoms with van der Waals surface area (Å²) in [5, 5.41) is 9.04. The minimum absolute atomic E-state index is 0.0492. The van der Waals surface area contributed by atoms with Crippen LogP contribution in [0.4, 0.5) is 0 Å². The quantitative estimate of drug-likeness (QED) is 0.572. The Labute approximate surface area is 79.9 Å². The molecule has 2 nitrogen and oxygen atoms in total. The summed E-state index contributed by atoms with van der Waals surface area (Å²) in [6.07, 6.45) is 5.70. The van der Waals surface area contributed by atoms with E-state index < -0.39 is 0 Å². The highest BCUT2D eigenvalue weighted by Crippen LogP contribution is 2.44. The van der Waals surface area contributed by atoms with Gasteiger partial charge in [-0.2, -0.15) is 5.26 Å². The summed E-state index contributed by atoms with van der Waals surface area (Å²) < 4.78 is 5.83. The first kappa shape index (κ1) is 9.02. The largest absolute Gasteiger partial charge is 0.374 e. The van der Waals surface area contributed by atoms with E-state index in [-0.39, 0.29) is 11.5 Å². The molecular formula is C11H17NO. The molecule has 2 rings (SSSR count). The standard InChI is InChI=1S/C11H17NO/c1-9-3-2-5-11(7-9)10(8-12)4-6-13-11/h9-10H,2-7H2,1H3. The molecule has 0 radical (unpaired) electrons. The van der Waals surface area contributed by atoms with Crippen molar-refractivity contribution < 1.29 is 4.74 Å². The van der Waals surface area contributed by atoms with Crippen LogP contribution < -0.4 is 0 Å². The van der Waals surface area contributed by atoms with Gasteiger partial charge in [0.05, 0.1) is 17.6 Å². The van der Waals surface area contributed by atoms with Crippen molar-refractivity contribution in [3.8, 4) is 6.07 Å². The van der Waals surface area contributed by atoms with Crippen LogP contribution in [0.2, 0.25) is 0 Å². The summed E-state index contributed by atoms with van der Waals surface area (Å²) in [6.45, 7) is 3.07.